The van der Waals surface area contributed by atoms with Gasteiger partial charge in [0, 0.05) is 18.2 Å². The van der Waals surface area contributed by atoms with Crippen molar-refractivity contribution in [2.75, 3.05) is 13.7 Å². The molecule has 3 N–H and O–H groups in total. The molecule has 0 saturated heterocycles. The lowest BCUT2D eigenvalue weighted by molar-refractivity contribution is 0.315. The lowest BCUT2D eigenvalue weighted by atomic mass is 9.90. The van der Waals surface area contributed by atoms with Gasteiger partial charge in [-0.1, -0.05) is 19.9 Å². The minimum atomic E-state index is -3.62. The molecule has 1 atom stereocenters. The Morgan fingerprint density at radius 3 is 2.53 bits per heavy atom. The first-order valence-corrected chi connectivity index (χ1v) is 7.61. The van der Waals surface area contributed by atoms with Crippen LogP contribution < -0.4 is 15.2 Å². The Morgan fingerprint density at radius 1 is 1.42 bits per heavy atom. The van der Waals surface area contributed by atoms with Crippen molar-refractivity contribution in [3.05, 3.63) is 24.3 Å². The van der Waals surface area contributed by atoms with Crippen LogP contribution in [0.1, 0.15) is 20.8 Å². The molecular formula is C13H22N2O3S. The van der Waals surface area contributed by atoms with Crippen molar-refractivity contribution in [3.63, 3.8) is 0 Å². The van der Waals surface area contributed by atoms with Gasteiger partial charge in [0.1, 0.15) is 5.75 Å². The van der Waals surface area contributed by atoms with Crippen LogP contribution in [0.15, 0.2) is 29.2 Å². The van der Waals surface area contributed by atoms with Gasteiger partial charge in [-0.2, -0.15) is 0 Å². The van der Waals surface area contributed by atoms with Gasteiger partial charge in [0.2, 0.25) is 10.0 Å². The van der Waals surface area contributed by atoms with Gasteiger partial charge < -0.3 is 10.5 Å². The molecule has 0 radical (unpaired) electrons. The second-order valence-corrected chi connectivity index (χ2v) is 6.74. The number of hydrogen-bond acceptors (Lipinski definition) is 4. The molecule has 6 heteroatoms. The Kier molecular flexibility index (Phi) is 4.95. The molecule has 0 fully saturated rings. The lowest BCUT2D eigenvalue weighted by Gasteiger charge is -2.33. The number of nitrogens with two attached hydrogens (primary N) is 1. The highest BCUT2D eigenvalue weighted by Crippen LogP contribution is 2.21. The summed E-state index contributed by atoms with van der Waals surface area (Å²) in [6, 6.07) is 6.36. The van der Waals surface area contributed by atoms with Crippen molar-refractivity contribution in [1.29, 1.82) is 0 Å². The first-order valence-electron chi connectivity index (χ1n) is 6.13. The lowest BCUT2D eigenvalue weighted by Crippen LogP contribution is -2.54. The summed E-state index contributed by atoms with van der Waals surface area (Å²) >= 11 is 0. The van der Waals surface area contributed by atoms with Crippen molar-refractivity contribution in [2.45, 2.75) is 31.2 Å². The Balaban J connectivity index is 3.10. The van der Waals surface area contributed by atoms with Crippen LogP contribution in [-0.2, 0) is 10.0 Å². The Hall–Kier alpha value is -1.11. The monoisotopic (exact) mass is 286 g/mol. The summed E-state index contributed by atoms with van der Waals surface area (Å²) in [4.78, 5) is 0.173. The molecule has 0 spiro atoms. The van der Waals surface area contributed by atoms with Crippen molar-refractivity contribution in [1.82, 2.24) is 4.72 Å². The van der Waals surface area contributed by atoms with E-state index >= 15 is 0 Å². The van der Waals surface area contributed by atoms with Crippen LogP contribution in [0.2, 0.25) is 0 Å². The van der Waals surface area contributed by atoms with Crippen LogP contribution in [0.5, 0.6) is 5.75 Å². The average molecular weight is 286 g/mol. The summed E-state index contributed by atoms with van der Waals surface area (Å²) in [5.41, 5.74) is 5.02. The molecule has 0 amide bonds. The summed E-state index contributed by atoms with van der Waals surface area (Å²) in [7, 11) is -2.12. The number of nitrogens with one attached hydrogen (secondary N) is 1. The van der Waals surface area contributed by atoms with Crippen LogP contribution in [0, 0.1) is 5.92 Å². The maximum atomic E-state index is 12.4. The molecule has 1 aromatic carbocycles. The van der Waals surface area contributed by atoms with E-state index in [-0.39, 0.29) is 17.4 Å². The molecule has 108 valence electrons. The quantitative estimate of drug-likeness (QED) is 0.827. The van der Waals surface area contributed by atoms with Gasteiger partial charge in [-0.05, 0) is 25.0 Å². The second kappa shape index (κ2) is 5.90. The van der Waals surface area contributed by atoms with Gasteiger partial charge in [0.05, 0.1) is 12.0 Å². The topological polar surface area (TPSA) is 81.4 Å². The van der Waals surface area contributed by atoms with Gasteiger partial charge in [0.25, 0.3) is 0 Å². The van der Waals surface area contributed by atoms with Gasteiger partial charge >= 0.3 is 0 Å². The van der Waals surface area contributed by atoms with Crippen molar-refractivity contribution < 1.29 is 13.2 Å². The zero-order valence-electron chi connectivity index (χ0n) is 11.8. The largest absolute Gasteiger partial charge is 0.497 e. The van der Waals surface area contributed by atoms with Crippen molar-refractivity contribution in [3.8, 4) is 5.75 Å². The van der Waals surface area contributed by atoms with E-state index in [1.54, 1.807) is 19.1 Å². The van der Waals surface area contributed by atoms with Gasteiger partial charge in [-0.3, -0.25) is 0 Å². The van der Waals surface area contributed by atoms with Crippen molar-refractivity contribution in [2.24, 2.45) is 11.7 Å². The molecule has 19 heavy (non-hydrogen) atoms. The summed E-state index contributed by atoms with van der Waals surface area (Å²) in [5.74, 6) is 0.583. The number of ether oxygens (including phenoxy) is 1. The smallest absolute Gasteiger partial charge is 0.241 e. The predicted molar refractivity (Wildman–Crippen MR) is 75.6 cm³/mol. The number of methoxy groups -OCH3 is 1. The average Bonchev–Trinajstić information content (AvgIpc) is 2.38. The number of sulfonamides is 1. The molecule has 0 aliphatic heterocycles. The fourth-order valence-corrected chi connectivity index (χ4v) is 3.11. The molecule has 0 aliphatic carbocycles. The molecule has 0 heterocycles. The van der Waals surface area contributed by atoms with E-state index in [0.29, 0.717) is 5.75 Å². The summed E-state index contributed by atoms with van der Waals surface area (Å²) in [6.07, 6.45) is 0. The van der Waals surface area contributed by atoms with E-state index in [9.17, 15) is 8.42 Å². The fourth-order valence-electron chi connectivity index (χ4n) is 1.53. The van der Waals surface area contributed by atoms with E-state index in [1.165, 1.54) is 19.2 Å². The molecule has 1 aromatic rings. The third-order valence-corrected chi connectivity index (χ3v) is 5.03. The van der Waals surface area contributed by atoms with Crippen LogP contribution >= 0.6 is 0 Å². The Labute approximate surface area is 115 Å². The highest BCUT2D eigenvalue weighted by atomic mass is 32.2. The number of benzene rings is 1. The van der Waals surface area contributed by atoms with Crippen LogP contribution in [0.4, 0.5) is 0 Å². The highest BCUT2D eigenvalue weighted by molar-refractivity contribution is 7.89. The highest BCUT2D eigenvalue weighted by Gasteiger charge is 2.32. The first kappa shape index (κ1) is 15.9. The van der Waals surface area contributed by atoms with E-state index < -0.39 is 15.6 Å². The van der Waals surface area contributed by atoms with E-state index in [1.807, 2.05) is 13.8 Å². The standard InChI is InChI=1S/C13H22N2O3S/c1-10(2)13(3,9-14)15-19(16,17)12-7-5-6-11(8-12)18-4/h5-8,10,15H,9,14H2,1-4H3. The van der Waals surface area contributed by atoms with Crippen molar-refractivity contribution >= 4 is 10.0 Å². The molecule has 0 saturated carbocycles. The Morgan fingerprint density at radius 2 is 2.05 bits per heavy atom. The zero-order valence-corrected chi connectivity index (χ0v) is 12.6. The molecule has 0 aromatic heterocycles. The SMILES string of the molecule is COc1cccc(S(=O)(=O)NC(C)(CN)C(C)C)c1. The molecular weight excluding hydrogens is 264 g/mol. The van der Waals surface area contributed by atoms with E-state index in [2.05, 4.69) is 4.72 Å². The Bertz CT molecular complexity index is 528. The van der Waals surface area contributed by atoms with Gasteiger partial charge in [-0.25, -0.2) is 13.1 Å². The third kappa shape index (κ3) is 3.68. The van der Waals surface area contributed by atoms with Gasteiger partial charge in [0.15, 0.2) is 0 Å². The minimum Gasteiger partial charge on any atom is -0.497 e. The summed E-state index contributed by atoms with van der Waals surface area (Å²) in [5, 5.41) is 0. The summed E-state index contributed by atoms with van der Waals surface area (Å²) in [6.45, 7) is 5.89. The molecule has 0 bridgehead atoms. The fraction of sp³-hybridized carbons (Fsp3) is 0.538. The molecule has 5 nitrogen and oxygen atoms in total. The van der Waals surface area contributed by atoms with E-state index in [4.69, 9.17) is 10.5 Å². The van der Waals surface area contributed by atoms with E-state index in [0.717, 1.165) is 0 Å². The number of rotatable bonds is 6. The minimum absolute atomic E-state index is 0.0814. The molecule has 0 aliphatic rings. The van der Waals surface area contributed by atoms with Crippen LogP contribution in [0.3, 0.4) is 0 Å². The normalized spacial score (nSPS) is 15.3. The molecule has 1 unspecified atom stereocenters. The zero-order chi connectivity index (χ0) is 14.7. The van der Waals surface area contributed by atoms with Crippen LogP contribution in [0.25, 0.3) is 0 Å². The molecule has 1 rings (SSSR count). The number of hydrogen-bond donors (Lipinski definition) is 2. The maximum Gasteiger partial charge on any atom is 0.241 e. The summed E-state index contributed by atoms with van der Waals surface area (Å²) < 4.78 is 32.4. The first-order chi connectivity index (χ1) is 8.75. The maximum absolute atomic E-state index is 12.4. The van der Waals surface area contributed by atoms with Crippen LogP contribution in [-0.4, -0.2) is 27.6 Å². The predicted octanol–water partition coefficient (Wildman–Crippen LogP) is 1.35. The third-order valence-electron chi connectivity index (χ3n) is 3.42. The second-order valence-electron chi connectivity index (χ2n) is 5.06. The van der Waals surface area contributed by atoms with Gasteiger partial charge in [-0.15, -0.1) is 0 Å².